The third kappa shape index (κ3) is 6.19. The van der Waals surface area contributed by atoms with Crippen LogP contribution in [0.5, 0.6) is 0 Å². The molecule has 2 amide bonds. The lowest BCUT2D eigenvalue weighted by molar-refractivity contribution is -0.139. The van der Waals surface area contributed by atoms with Crippen molar-refractivity contribution in [2.24, 2.45) is 0 Å². The van der Waals surface area contributed by atoms with Crippen LogP contribution in [-0.2, 0) is 11.3 Å². The van der Waals surface area contributed by atoms with E-state index in [2.05, 4.69) is 15.6 Å². The number of aliphatic carboxylic acids is 1. The molecular formula is C12H20N4O4. The summed E-state index contributed by atoms with van der Waals surface area (Å²) in [5.74, 6) is -1.16. The summed E-state index contributed by atoms with van der Waals surface area (Å²) >= 11 is 0. The summed E-state index contributed by atoms with van der Waals surface area (Å²) in [6.45, 7) is 1.000. The van der Waals surface area contributed by atoms with Crippen molar-refractivity contribution >= 4 is 12.0 Å². The summed E-state index contributed by atoms with van der Waals surface area (Å²) in [6, 6.07) is -1.60. The summed E-state index contributed by atoms with van der Waals surface area (Å²) in [5.41, 5.74) is 0. The van der Waals surface area contributed by atoms with Gasteiger partial charge in [0.05, 0.1) is 6.33 Å². The van der Waals surface area contributed by atoms with Gasteiger partial charge in [-0.05, 0) is 12.8 Å². The maximum atomic E-state index is 11.4. The fourth-order valence-electron chi connectivity index (χ4n) is 1.64. The van der Waals surface area contributed by atoms with E-state index < -0.39 is 18.0 Å². The molecule has 0 unspecified atom stereocenters. The number of nitrogens with one attached hydrogen (secondary N) is 2. The highest BCUT2D eigenvalue weighted by Crippen LogP contribution is 1.94. The van der Waals surface area contributed by atoms with Crippen LogP contribution in [-0.4, -0.2) is 51.0 Å². The van der Waals surface area contributed by atoms with E-state index in [9.17, 15) is 9.59 Å². The van der Waals surface area contributed by atoms with Crippen LogP contribution in [0.25, 0.3) is 0 Å². The number of amides is 2. The molecule has 0 aromatic carbocycles. The molecule has 0 aliphatic heterocycles. The standard InChI is InChI=1S/C12H20N4O4/c17-8-3-10(11(18)19)15-12(20)14-4-1-2-6-16-7-5-13-9-16/h5,7,9-10,17H,1-4,6,8H2,(H,18,19)(H2,14,15,20)/t10-/m1/s1. The monoisotopic (exact) mass is 284 g/mol. The van der Waals surface area contributed by atoms with Gasteiger partial charge in [0.15, 0.2) is 0 Å². The zero-order valence-corrected chi connectivity index (χ0v) is 11.2. The molecule has 0 saturated heterocycles. The van der Waals surface area contributed by atoms with Crippen molar-refractivity contribution in [2.45, 2.75) is 31.8 Å². The maximum Gasteiger partial charge on any atom is 0.326 e. The Hall–Kier alpha value is -2.09. The Bertz CT molecular complexity index is 408. The van der Waals surface area contributed by atoms with Crippen molar-refractivity contribution in [3.05, 3.63) is 18.7 Å². The topological polar surface area (TPSA) is 116 Å². The second-order valence-corrected chi connectivity index (χ2v) is 4.31. The number of rotatable bonds is 9. The van der Waals surface area contributed by atoms with Crippen molar-refractivity contribution in [1.82, 2.24) is 20.2 Å². The number of aryl methyl sites for hydroxylation is 1. The smallest absolute Gasteiger partial charge is 0.326 e. The molecule has 1 aromatic heterocycles. The Morgan fingerprint density at radius 2 is 2.15 bits per heavy atom. The van der Waals surface area contributed by atoms with Crippen LogP contribution in [0.3, 0.4) is 0 Å². The van der Waals surface area contributed by atoms with E-state index in [0.717, 1.165) is 19.4 Å². The number of unbranched alkanes of at least 4 members (excludes halogenated alkanes) is 1. The van der Waals surface area contributed by atoms with Gasteiger partial charge in [0, 0.05) is 38.5 Å². The van der Waals surface area contributed by atoms with Crippen LogP contribution in [0.1, 0.15) is 19.3 Å². The highest BCUT2D eigenvalue weighted by Gasteiger charge is 2.18. The Labute approximate surface area is 116 Å². The molecular weight excluding hydrogens is 264 g/mol. The van der Waals surface area contributed by atoms with E-state index in [1.54, 1.807) is 12.5 Å². The highest BCUT2D eigenvalue weighted by molar-refractivity contribution is 5.82. The second-order valence-electron chi connectivity index (χ2n) is 4.31. The van der Waals surface area contributed by atoms with Gasteiger partial charge in [-0.25, -0.2) is 14.6 Å². The summed E-state index contributed by atoms with van der Waals surface area (Å²) in [4.78, 5) is 26.1. The number of carboxylic acids is 1. The van der Waals surface area contributed by atoms with Crippen molar-refractivity contribution in [3.8, 4) is 0 Å². The van der Waals surface area contributed by atoms with Gasteiger partial charge in [-0.2, -0.15) is 0 Å². The predicted octanol–water partition coefficient (Wildman–Crippen LogP) is -0.202. The second kappa shape index (κ2) is 8.92. The van der Waals surface area contributed by atoms with Crippen molar-refractivity contribution in [2.75, 3.05) is 13.2 Å². The number of hydrogen-bond donors (Lipinski definition) is 4. The molecule has 1 rings (SSSR count). The first-order valence-corrected chi connectivity index (χ1v) is 6.47. The van der Waals surface area contributed by atoms with Crippen molar-refractivity contribution < 1.29 is 19.8 Å². The number of carbonyl (C=O) groups excluding carboxylic acids is 1. The Morgan fingerprint density at radius 3 is 2.75 bits per heavy atom. The minimum Gasteiger partial charge on any atom is -0.480 e. The molecule has 0 fully saturated rings. The van der Waals surface area contributed by atoms with Crippen LogP contribution >= 0.6 is 0 Å². The van der Waals surface area contributed by atoms with Gasteiger partial charge in [0.1, 0.15) is 6.04 Å². The number of carbonyl (C=O) groups is 2. The number of aliphatic hydroxyl groups excluding tert-OH is 1. The number of aliphatic hydroxyl groups is 1. The molecule has 112 valence electrons. The largest absolute Gasteiger partial charge is 0.480 e. The van der Waals surface area contributed by atoms with Crippen LogP contribution in [0.2, 0.25) is 0 Å². The number of nitrogens with zero attached hydrogens (tertiary/aromatic N) is 2. The van der Waals surface area contributed by atoms with Gasteiger partial charge >= 0.3 is 12.0 Å². The molecule has 20 heavy (non-hydrogen) atoms. The van der Waals surface area contributed by atoms with Gasteiger partial charge in [-0.3, -0.25) is 0 Å². The van der Waals surface area contributed by atoms with Gasteiger partial charge < -0.3 is 25.4 Å². The Balaban J connectivity index is 2.11. The molecule has 1 aromatic rings. The number of urea groups is 1. The lowest BCUT2D eigenvalue weighted by atomic mass is 10.2. The quantitative estimate of drug-likeness (QED) is 0.468. The zero-order chi connectivity index (χ0) is 14.8. The SMILES string of the molecule is O=C(NCCCCn1ccnc1)N[C@H](CCO)C(=O)O. The van der Waals surface area contributed by atoms with Gasteiger partial charge in [-0.15, -0.1) is 0 Å². The molecule has 0 radical (unpaired) electrons. The number of hydrogen-bond acceptors (Lipinski definition) is 4. The van der Waals surface area contributed by atoms with E-state index in [0.29, 0.717) is 6.54 Å². The first kappa shape index (κ1) is 16.0. The van der Waals surface area contributed by atoms with E-state index in [4.69, 9.17) is 10.2 Å². The van der Waals surface area contributed by atoms with Crippen LogP contribution in [0, 0.1) is 0 Å². The molecule has 8 nitrogen and oxygen atoms in total. The van der Waals surface area contributed by atoms with E-state index in [1.165, 1.54) is 0 Å². The molecule has 0 spiro atoms. The molecule has 4 N–H and O–H groups in total. The first-order valence-electron chi connectivity index (χ1n) is 6.47. The average Bonchev–Trinajstić information content (AvgIpc) is 2.91. The van der Waals surface area contributed by atoms with Crippen LogP contribution < -0.4 is 10.6 Å². The van der Waals surface area contributed by atoms with E-state index >= 15 is 0 Å². The molecule has 0 bridgehead atoms. The fraction of sp³-hybridized carbons (Fsp3) is 0.583. The summed E-state index contributed by atoms with van der Waals surface area (Å²) in [5, 5.41) is 22.4. The minimum atomic E-state index is -1.16. The summed E-state index contributed by atoms with van der Waals surface area (Å²) < 4.78 is 1.95. The number of imidazole rings is 1. The third-order valence-electron chi connectivity index (χ3n) is 2.71. The van der Waals surface area contributed by atoms with E-state index in [1.807, 2.05) is 10.8 Å². The zero-order valence-electron chi connectivity index (χ0n) is 11.2. The number of carboxylic acid groups (broad SMARTS) is 1. The third-order valence-corrected chi connectivity index (χ3v) is 2.71. The minimum absolute atomic E-state index is 0.0105. The van der Waals surface area contributed by atoms with E-state index in [-0.39, 0.29) is 13.0 Å². The Morgan fingerprint density at radius 1 is 1.35 bits per heavy atom. The number of aromatic nitrogens is 2. The van der Waals surface area contributed by atoms with Crippen LogP contribution in [0.15, 0.2) is 18.7 Å². The molecule has 1 heterocycles. The van der Waals surface area contributed by atoms with Gasteiger partial charge in [-0.1, -0.05) is 0 Å². The first-order chi connectivity index (χ1) is 9.63. The fourth-order valence-corrected chi connectivity index (χ4v) is 1.64. The predicted molar refractivity (Wildman–Crippen MR) is 71.1 cm³/mol. The molecule has 8 heteroatoms. The average molecular weight is 284 g/mol. The van der Waals surface area contributed by atoms with Gasteiger partial charge in [0.2, 0.25) is 0 Å². The van der Waals surface area contributed by atoms with Crippen molar-refractivity contribution in [1.29, 1.82) is 0 Å². The molecule has 0 saturated carbocycles. The summed E-state index contributed by atoms with van der Waals surface area (Å²) in [6.07, 6.45) is 6.96. The maximum absolute atomic E-state index is 11.4. The van der Waals surface area contributed by atoms with Crippen LogP contribution in [0.4, 0.5) is 4.79 Å². The summed E-state index contributed by atoms with van der Waals surface area (Å²) in [7, 11) is 0. The molecule has 1 atom stereocenters. The Kier molecular flexibility index (Phi) is 7.12. The highest BCUT2D eigenvalue weighted by atomic mass is 16.4. The normalized spacial score (nSPS) is 11.8. The van der Waals surface area contributed by atoms with Crippen molar-refractivity contribution in [3.63, 3.8) is 0 Å². The molecule has 0 aliphatic rings. The lowest BCUT2D eigenvalue weighted by Gasteiger charge is -2.13. The lowest BCUT2D eigenvalue weighted by Crippen LogP contribution is -2.46. The van der Waals surface area contributed by atoms with Gasteiger partial charge in [0.25, 0.3) is 0 Å². The molecule has 0 aliphatic carbocycles.